The summed E-state index contributed by atoms with van der Waals surface area (Å²) < 4.78 is 6.37. The zero-order valence-electron chi connectivity index (χ0n) is 9.74. The van der Waals surface area contributed by atoms with Gasteiger partial charge in [0, 0.05) is 7.05 Å². The molecule has 0 fully saturated rings. The van der Waals surface area contributed by atoms with Crippen LogP contribution in [0.4, 0.5) is 0 Å². The molecule has 0 amide bonds. The molecule has 0 aliphatic carbocycles. The number of aryl methyl sites for hydroxylation is 1. The summed E-state index contributed by atoms with van der Waals surface area (Å²) in [5.74, 6) is -0.350. The first-order chi connectivity index (χ1) is 8.97. The third-order valence-corrected chi connectivity index (χ3v) is 3.24. The Morgan fingerprint density at radius 1 is 1.58 bits per heavy atom. The molecule has 0 saturated carbocycles. The van der Waals surface area contributed by atoms with Crippen molar-refractivity contribution in [2.45, 2.75) is 10.9 Å². The number of furan rings is 1. The Balaban J connectivity index is 2.14. The highest BCUT2D eigenvalue weighted by Crippen LogP contribution is 2.20. The first-order valence-electron chi connectivity index (χ1n) is 5.08. The van der Waals surface area contributed by atoms with E-state index in [1.165, 1.54) is 10.7 Å². The molecule has 0 radical (unpaired) electrons. The van der Waals surface area contributed by atoms with E-state index in [0.717, 1.165) is 18.0 Å². The van der Waals surface area contributed by atoms with Crippen molar-refractivity contribution in [1.82, 2.24) is 14.8 Å². The van der Waals surface area contributed by atoms with Gasteiger partial charge >= 0.3 is 17.1 Å². The van der Waals surface area contributed by atoms with Crippen LogP contribution >= 0.6 is 11.8 Å². The largest absolute Gasteiger partial charge is 0.478 e. The van der Waals surface area contributed by atoms with Gasteiger partial charge in [-0.25, -0.2) is 4.79 Å². The van der Waals surface area contributed by atoms with Crippen LogP contribution in [0.15, 0.2) is 31.5 Å². The second kappa shape index (κ2) is 5.14. The Bertz CT molecular complexity index is 729. The van der Waals surface area contributed by atoms with Gasteiger partial charge in [0.05, 0.1) is 11.3 Å². The maximum atomic E-state index is 11.1. The molecule has 0 aromatic carbocycles. The highest BCUT2D eigenvalue weighted by atomic mass is 32.2. The predicted octanol–water partition coefficient (Wildman–Crippen LogP) is 0.0521. The standard InChI is InChI=1S/C10H9N3O5S/c1-13-10(11-7(14)8(15)12-13)19-4-6-2-5(3-18-6)9(16)17/h2-3H,4H2,1H3,(H,12,15)(H,16,17). The van der Waals surface area contributed by atoms with E-state index in [9.17, 15) is 14.4 Å². The molecule has 2 rings (SSSR count). The van der Waals surface area contributed by atoms with E-state index in [0.29, 0.717) is 16.7 Å². The number of aromatic carboxylic acids is 1. The van der Waals surface area contributed by atoms with Crippen molar-refractivity contribution in [2.24, 2.45) is 7.05 Å². The van der Waals surface area contributed by atoms with Crippen LogP contribution in [-0.4, -0.2) is 25.8 Å². The summed E-state index contributed by atoms with van der Waals surface area (Å²) in [7, 11) is 1.54. The molecule has 0 aliphatic heterocycles. The van der Waals surface area contributed by atoms with Gasteiger partial charge in [-0.3, -0.25) is 19.4 Å². The van der Waals surface area contributed by atoms with E-state index in [1.807, 2.05) is 0 Å². The van der Waals surface area contributed by atoms with Crippen molar-refractivity contribution in [3.63, 3.8) is 0 Å². The summed E-state index contributed by atoms with van der Waals surface area (Å²) in [6.45, 7) is 0. The molecule has 100 valence electrons. The molecule has 0 spiro atoms. The number of carboxylic acids is 1. The number of hydrogen-bond donors (Lipinski definition) is 2. The molecule has 2 aromatic heterocycles. The van der Waals surface area contributed by atoms with Gasteiger partial charge in [-0.1, -0.05) is 11.8 Å². The van der Waals surface area contributed by atoms with Gasteiger partial charge in [-0.2, -0.15) is 4.98 Å². The lowest BCUT2D eigenvalue weighted by Gasteiger charge is -2.03. The summed E-state index contributed by atoms with van der Waals surface area (Å²) in [5.41, 5.74) is -1.61. The molecule has 8 nitrogen and oxygen atoms in total. The van der Waals surface area contributed by atoms with E-state index >= 15 is 0 Å². The van der Waals surface area contributed by atoms with Gasteiger partial charge in [0.2, 0.25) is 0 Å². The van der Waals surface area contributed by atoms with Crippen molar-refractivity contribution in [2.75, 3.05) is 0 Å². The van der Waals surface area contributed by atoms with E-state index in [-0.39, 0.29) is 5.56 Å². The monoisotopic (exact) mass is 283 g/mol. The van der Waals surface area contributed by atoms with Crippen LogP contribution in [0.25, 0.3) is 0 Å². The quantitative estimate of drug-likeness (QED) is 0.601. The van der Waals surface area contributed by atoms with E-state index in [1.54, 1.807) is 7.05 Å². The fourth-order valence-corrected chi connectivity index (χ4v) is 2.10. The molecule has 0 unspecified atom stereocenters. The Morgan fingerprint density at radius 2 is 2.32 bits per heavy atom. The Morgan fingerprint density at radius 3 is 2.95 bits per heavy atom. The summed E-state index contributed by atoms with van der Waals surface area (Å²) in [6, 6.07) is 1.39. The number of H-pyrrole nitrogens is 1. The maximum Gasteiger partial charge on any atom is 0.339 e. The molecule has 2 aromatic rings. The number of aromatic nitrogens is 3. The fraction of sp³-hybridized carbons (Fsp3) is 0.200. The minimum atomic E-state index is -1.07. The third kappa shape index (κ3) is 2.94. The number of carboxylic acid groups (broad SMARTS) is 1. The maximum absolute atomic E-state index is 11.1. The average molecular weight is 283 g/mol. The summed E-state index contributed by atoms with van der Waals surface area (Å²) in [5, 5.41) is 11.3. The Kier molecular flexibility index (Phi) is 3.56. The van der Waals surface area contributed by atoms with Crippen molar-refractivity contribution in [3.8, 4) is 0 Å². The number of hydrogen-bond acceptors (Lipinski definition) is 6. The zero-order chi connectivity index (χ0) is 14.0. The van der Waals surface area contributed by atoms with E-state index < -0.39 is 17.1 Å². The first kappa shape index (κ1) is 13.1. The van der Waals surface area contributed by atoms with Crippen molar-refractivity contribution < 1.29 is 14.3 Å². The molecule has 9 heteroatoms. The van der Waals surface area contributed by atoms with Crippen molar-refractivity contribution in [3.05, 3.63) is 44.4 Å². The van der Waals surface area contributed by atoms with Gasteiger partial charge in [0.15, 0.2) is 5.16 Å². The van der Waals surface area contributed by atoms with Gasteiger partial charge in [0.25, 0.3) is 0 Å². The summed E-state index contributed by atoms with van der Waals surface area (Å²) >= 11 is 1.14. The molecule has 0 atom stereocenters. The lowest BCUT2D eigenvalue weighted by molar-refractivity contribution is 0.0696. The van der Waals surface area contributed by atoms with Gasteiger partial charge in [-0.05, 0) is 6.07 Å². The molecular formula is C10H9N3O5S. The highest BCUT2D eigenvalue weighted by molar-refractivity contribution is 7.98. The SMILES string of the molecule is Cn1[nH]c(=O)c(=O)nc1SCc1cc(C(=O)O)co1. The Labute approximate surface area is 110 Å². The smallest absolute Gasteiger partial charge is 0.339 e. The average Bonchev–Trinajstić information content (AvgIpc) is 2.81. The molecule has 0 saturated heterocycles. The summed E-state index contributed by atoms with van der Waals surface area (Å²) in [4.78, 5) is 36.4. The normalized spacial score (nSPS) is 10.6. The number of nitrogens with zero attached hydrogens (tertiary/aromatic N) is 2. The van der Waals surface area contributed by atoms with Crippen LogP contribution < -0.4 is 11.1 Å². The van der Waals surface area contributed by atoms with Crippen LogP contribution in [0.3, 0.4) is 0 Å². The van der Waals surface area contributed by atoms with Crippen LogP contribution in [0.5, 0.6) is 0 Å². The van der Waals surface area contributed by atoms with Crippen molar-refractivity contribution >= 4 is 17.7 Å². The van der Waals surface area contributed by atoms with Crippen molar-refractivity contribution in [1.29, 1.82) is 0 Å². The molecule has 2 heterocycles. The second-order valence-electron chi connectivity index (χ2n) is 3.59. The number of rotatable bonds is 4. The van der Waals surface area contributed by atoms with Gasteiger partial charge < -0.3 is 9.52 Å². The van der Waals surface area contributed by atoms with Crippen LogP contribution in [0, 0.1) is 0 Å². The van der Waals surface area contributed by atoms with Gasteiger partial charge in [0.1, 0.15) is 12.0 Å². The number of carbonyl (C=O) groups is 1. The lowest BCUT2D eigenvalue weighted by Crippen LogP contribution is -2.33. The number of nitrogens with one attached hydrogen (secondary N) is 1. The second-order valence-corrected chi connectivity index (χ2v) is 4.54. The molecule has 2 N–H and O–H groups in total. The predicted molar refractivity (Wildman–Crippen MR) is 65.3 cm³/mol. The van der Waals surface area contributed by atoms with Crippen LogP contribution in [0.1, 0.15) is 16.1 Å². The minimum Gasteiger partial charge on any atom is -0.478 e. The molecular weight excluding hydrogens is 274 g/mol. The topological polar surface area (TPSA) is 118 Å². The van der Waals surface area contributed by atoms with Crippen LogP contribution in [0.2, 0.25) is 0 Å². The third-order valence-electron chi connectivity index (χ3n) is 2.19. The molecule has 0 bridgehead atoms. The minimum absolute atomic E-state index is 0.0546. The number of aromatic amines is 1. The highest BCUT2D eigenvalue weighted by Gasteiger charge is 2.10. The fourth-order valence-electron chi connectivity index (χ4n) is 1.29. The molecule has 0 aliphatic rings. The zero-order valence-corrected chi connectivity index (χ0v) is 10.6. The van der Waals surface area contributed by atoms with Crippen LogP contribution in [-0.2, 0) is 12.8 Å². The lowest BCUT2D eigenvalue weighted by atomic mass is 10.3. The van der Waals surface area contributed by atoms with Gasteiger partial charge in [-0.15, -0.1) is 0 Å². The molecule has 19 heavy (non-hydrogen) atoms. The number of thioether (sulfide) groups is 1. The van der Waals surface area contributed by atoms with E-state index in [4.69, 9.17) is 9.52 Å². The van der Waals surface area contributed by atoms with E-state index in [2.05, 4.69) is 10.1 Å². The first-order valence-corrected chi connectivity index (χ1v) is 6.07. The Hall–Kier alpha value is -2.29. The summed E-state index contributed by atoms with van der Waals surface area (Å²) in [6.07, 6.45) is 1.14.